The molecular formula is C24H32F2O. The quantitative estimate of drug-likeness (QED) is 0.563. The van der Waals surface area contributed by atoms with Crippen LogP contribution in [-0.2, 0) is 12.8 Å². The van der Waals surface area contributed by atoms with E-state index in [4.69, 9.17) is 4.74 Å². The third kappa shape index (κ3) is 4.38. The number of benzene rings is 1. The average molecular weight is 375 g/mol. The second-order valence-electron chi connectivity index (χ2n) is 8.99. The molecule has 3 unspecified atom stereocenters. The lowest BCUT2D eigenvalue weighted by Gasteiger charge is -2.44. The van der Waals surface area contributed by atoms with E-state index >= 15 is 0 Å². The van der Waals surface area contributed by atoms with E-state index < -0.39 is 6.08 Å². The van der Waals surface area contributed by atoms with Gasteiger partial charge < -0.3 is 4.74 Å². The van der Waals surface area contributed by atoms with Crippen molar-refractivity contribution in [1.82, 2.24) is 0 Å². The van der Waals surface area contributed by atoms with E-state index in [-0.39, 0.29) is 5.92 Å². The van der Waals surface area contributed by atoms with Crippen molar-refractivity contribution in [3.63, 3.8) is 0 Å². The van der Waals surface area contributed by atoms with Crippen LogP contribution < -0.4 is 4.74 Å². The van der Waals surface area contributed by atoms with Crippen molar-refractivity contribution in [3.05, 3.63) is 41.5 Å². The zero-order valence-corrected chi connectivity index (χ0v) is 16.4. The molecule has 0 radical (unpaired) electrons. The van der Waals surface area contributed by atoms with E-state index in [9.17, 15) is 8.78 Å². The minimum absolute atomic E-state index is 0.119. The zero-order chi connectivity index (χ0) is 18.8. The van der Waals surface area contributed by atoms with Gasteiger partial charge in [0.2, 0.25) is 0 Å². The molecule has 3 aliphatic carbocycles. The second-order valence-corrected chi connectivity index (χ2v) is 8.99. The normalized spacial score (nSPS) is 32.9. The Balaban J connectivity index is 1.36. The molecule has 1 aromatic carbocycles. The third-order valence-corrected chi connectivity index (χ3v) is 7.48. The molecule has 0 saturated heterocycles. The van der Waals surface area contributed by atoms with Gasteiger partial charge >= 0.3 is 0 Å². The summed E-state index contributed by atoms with van der Waals surface area (Å²) in [5.41, 5.74) is 3.00. The van der Waals surface area contributed by atoms with Gasteiger partial charge in [-0.25, -0.2) is 0 Å². The molecule has 3 aliphatic rings. The van der Waals surface area contributed by atoms with E-state index in [2.05, 4.69) is 18.2 Å². The maximum absolute atomic E-state index is 12.6. The van der Waals surface area contributed by atoms with Gasteiger partial charge in [-0.1, -0.05) is 6.07 Å². The number of aryl methyl sites for hydroxylation is 1. The van der Waals surface area contributed by atoms with Crippen LogP contribution in [0.1, 0.15) is 63.0 Å². The van der Waals surface area contributed by atoms with E-state index in [1.54, 1.807) is 0 Å². The Morgan fingerprint density at radius 2 is 1.70 bits per heavy atom. The van der Waals surface area contributed by atoms with Crippen LogP contribution in [0.15, 0.2) is 30.4 Å². The fraction of sp³-hybridized carbons (Fsp3) is 0.667. The summed E-state index contributed by atoms with van der Waals surface area (Å²) in [6.07, 6.45) is 10.4. The Labute approximate surface area is 162 Å². The topological polar surface area (TPSA) is 9.23 Å². The lowest BCUT2D eigenvalue weighted by Crippen LogP contribution is -2.34. The molecule has 0 N–H and O–H groups in total. The van der Waals surface area contributed by atoms with Crippen LogP contribution in [0.2, 0.25) is 0 Å². The molecule has 0 spiro atoms. The van der Waals surface area contributed by atoms with Crippen molar-refractivity contribution in [1.29, 1.82) is 0 Å². The fourth-order valence-corrected chi connectivity index (χ4v) is 6.14. The number of hydrogen-bond acceptors (Lipinski definition) is 1. The fourth-order valence-electron chi connectivity index (χ4n) is 6.14. The molecule has 0 aliphatic heterocycles. The van der Waals surface area contributed by atoms with Crippen molar-refractivity contribution in [2.75, 3.05) is 6.61 Å². The molecule has 0 aromatic heterocycles. The van der Waals surface area contributed by atoms with Gasteiger partial charge in [0.25, 0.3) is 6.08 Å². The van der Waals surface area contributed by atoms with Gasteiger partial charge in [-0.3, -0.25) is 0 Å². The highest BCUT2D eigenvalue weighted by Gasteiger charge is 2.38. The molecule has 5 atom stereocenters. The number of allylic oxidation sites excluding steroid dienone is 1. The third-order valence-electron chi connectivity index (χ3n) is 7.48. The second kappa shape index (κ2) is 8.32. The summed E-state index contributed by atoms with van der Waals surface area (Å²) < 4.78 is 30.8. The van der Waals surface area contributed by atoms with E-state index in [0.717, 1.165) is 49.4 Å². The first kappa shape index (κ1) is 19.0. The highest BCUT2D eigenvalue weighted by molar-refractivity contribution is 5.37. The van der Waals surface area contributed by atoms with Crippen molar-refractivity contribution < 1.29 is 13.5 Å². The molecule has 1 aromatic rings. The van der Waals surface area contributed by atoms with Crippen molar-refractivity contribution in [2.24, 2.45) is 29.6 Å². The van der Waals surface area contributed by atoms with Gasteiger partial charge in [0.05, 0.1) is 6.61 Å². The molecule has 27 heavy (non-hydrogen) atoms. The van der Waals surface area contributed by atoms with E-state index in [0.29, 0.717) is 5.92 Å². The largest absolute Gasteiger partial charge is 0.494 e. The highest BCUT2D eigenvalue weighted by atomic mass is 19.3. The summed E-state index contributed by atoms with van der Waals surface area (Å²) in [5, 5.41) is 0. The maximum atomic E-state index is 12.6. The van der Waals surface area contributed by atoms with Crippen LogP contribution >= 0.6 is 0 Å². The summed E-state index contributed by atoms with van der Waals surface area (Å²) >= 11 is 0. The van der Waals surface area contributed by atoms with Crippen LogP contribution in [0.5, 0.6) is 5.75 Å². The highest BCUT2D eigenvalue weighted by Crippen LogP contribution is 2.48. The predicted octanol–water partition coefficient (Wildman–Crippen LogP) is 6.80. The first-order chi connectivity index (χ1) is 13.1. The van der Waals surface area contributed by atoms with Gasteiger partial charge in [0, 0.05) is 0 Å². The minimum Gasteiger partial charge on any atom is -0.494 e. The molecule has 0 bridgehead atoms. The van der Waals surface area contributed by atoms with Crippen LogP contribution in [0.4, 0.5) is 8.78 Å². The first-order valence-corrected chi connectivity index (χ1v) is 10.9. The SMILES string of the molecule is CCOc1ccc2c(c1)CCC(C1CCC3C[C@H](C=C(F)F)CC[C@@H]3C1)C2. The monoisotopic (exact) mass is 374 g/mol. The van der Waals surface area contributed by atoms with Crippen LogP contribution in [0.3, 0.4) is 0 Å². The summed E-state index contributed by atoms with van der Waals surface area (Å²) in [6, 6.07) is 6.65. The predicted molar refractivity (Wildman–Crippen MR) is 105 cm³/mol. The Bertz CT molecular complexity index is 679. The van der Waals surface area contributed by atoms with Crippen molar-refractivity contribution in [2.45, 2.75) is 64.7 Å². The lowest BCUT2D eigenvalue weighted by atomic mass is 9.61. The summed E-state index contributed by atoms with van der Waals surface area (Å²) in [7, 11) is 0. The van der Waals surface area contributed by atoms with Gasteiger partial charge in [0.1, 0.15) is 5.75 Å². The molecule has 1 nitrogen and oxygen atoms in total. The average Bonchev–Trinajstić information content (AvgIpc) is 2.67. The molecule has 4 rings (SSSR count). The van der Waals surface area contributed by atoms with Crippen molar-refractivity contribution in [3.8, 4) is 5.75 Å². The van der Waals surface area contributed by atoms with Crippen LogP contribution in [0.25, 0.3) is 0 Å². The number of hydrogen-bond donors (Lipinski definition) is 0. The molecule has 0 amide bonds. The van der Waals surface area contributed by atoms with Gasteiger partial charge in [-0.05, 0) is 124 Å². The first-order valence-electron chi connectivity index (χ1n) is 10.9. The number of rotatable bonds is 4. The lowest BCUT2D eigenvalue weighted by molar-refractivity contribution is 0.0802. The Morgan fingerprint density at radius 1 is 0.963 bits per heavy atom. The Kier molecular flexibility index (Phi) is 5.85. The van der Waals surface area contributed by atoms with Crippen LogP contribution in [0, 0.1) is 29.6 Å². The van der Waals surface area contributed by atoms with Gasteiger partial charge in [-0.15, -0.1) is 0 Å². The van der Waals surface area contributed by atoms with E-state index in [1.807, 2.05) is 6.92 Å². The zero-order valence-electron chi connectivity index (χ0n) is 16.4. The molecule has 148 valence electrons. The van der Waals surface area contributed by atoms with E-state index in [1.165, 1.54) is 55.7 Å². The molecule has 2 fully saturated rings. The molecule has 0 heterocycles. The minimum atomic E-state index is -1.49. The number of halogens is 2. The van der Waals surface area contributed by atoms with Crippen molar-refractivity contribution >= 4 is 0 Å². The maximum Gasteiger partial charge on any atom is 0.266 e. The smallest absolute Gasteiger partial charge is 0.266 e. The molecule has 3 heteroatoms. The molecular weight excluding hydrogens is 342 g/mol. The number of ether oxygens (including phenoxy) is 1. The summed E-state index contributed by atoms with van der Waals surface area (Å²) in [5.74, 6) is 4.21. The van der Waals surface area contributed by atoms with Crippen LogP contribution in [-0.4, -0.2) is 6.61 Å². The van der Waals surface area contributed by atoms with Gasteiger partial charge in [-0.2, -0.15) is 8.78 Å². The number of fused-ring (bicyclic) bond motifs is 2. The standard InChI is InChI=1S/C24H32F2O/c1-2-27-23-10-9-21-14-20(7-8-22(21)15-23)19-6-5-17-11-16(12-24(25)26)3-4-18(17)13-19/h9-10,12,15-20H,2-8,11,13-14H2,1H3/t16-,17?,18-,19?,20?/m1/s1. The molecule has 2 saturated carbocycles. The Morgan fingerprint density at radius 3 is 2.48 bits per heavy atom. The Hall–Kier alpha value is -1.38. The summed E-state index contributed by atoms with van der Waals surface area (Å²) in [6.45, 7) is 2.75. The van der Waals surface area contributed by atoms with Gasteiger partial charge in [0.15, 0.2) is 0 Å². The summed E-state index contributed by atoms with van der Waals surface area (Å²) in [4.78, 5) is 0.